The lowest BCUT2D eigenvalue weighted by Crippen LogP contribution is -2.16. The molecule has 2 nitrogen and oxygen atoms in total. The first-order valence-electron chi connectivity index (χ1n) is 17.7. The molecular formula is C49H35NO. The quantitative estimate of drug-likeness (QED) is 0.184. The van der Waals surface area contributed by atoms with Crippen LogP contribution in [0.15, 0.2) is 180 Å². The monoisotopic (exact) mass is 653 g/mol. The van der Waals surface area contributed by atoms with Gasteiger partial charge in [0.2, 0.25) is 0 Å². The topological polar surface area (TPSA) is 16.4 Å². The largest absolute Gasteiger partial charge is 0.455 e. The molecule has 0 amide bonds. The van der Waals surface area contributed by atoms with E-state index in [1.54, 1.807) is 0 Å². The van der Waals surface area contributed by atoms with Crippen molar-refractivity contribution >= 4 is 49.8 Å². The Morgan fingerprint density at radius 3 is 1.94 bits per heavy atom. The van der Waals surface area contributed by atoms with E-state index >= 15 is 0 Å². The number of anilines is 3. The van der Waals surface area contributed by atoms with E-state index in [1.807, 2.05) is 0 Å². The van der Waals surface area contributed by atoms with E-state index in [0.29, 0.717) is 0 Å². The van der Waals surface area contributed by atoms with Gasteiger partial charge in [-0.15, -0.1) is 0 Å². The van der Waals surface area contributed by atoms with E-state index in [4.69, 9.17) is 4.42 Å². The van der Waals surface area contributed by atoms with Gasteiger partial charge in [-0.25, -0.2) is 0 Å². The summed E-state index contributed by atoms with van der Waals surface area (Å²) in [6, 6.07) is 63.5. The lowest BCUT2D eigenvalue weighted by atomic mass is 9.82. The predicted octanol–water partition coefficient (Wildman–Crippen LogP) is 13.8. The van der Waals surface area contributed by atoms with Gasteiger partial charge in [0.1, 0.15) is 11.2 Å². The van der Waals surface area contributed by atoms with Crippen molar-refractivity contribution in [3.05, 3.63) is 187 Å². The first-order valence-corrected chi connectivity index (χ1v) is 17.7. The fourth-order valence-electron chi connectivity index (χ4n) is 8.46. The Labute approximate surface area is 297 Å². The summed E-state index contributed by atoms with van der Waals surface area (Å²) in [5.41, 5.74) is 14.9. The first kappa shape index (κ1) is 29.5. The molecule has 2 heteroatoms. The maximum atomic E-state index is 6.77. The lowest BCUT2D eigenvalue weighted by molar-refractivity contribution is 0.660. The lowest BCUT2D eigenvalue weighted by Gasteiger charge is -2.29. The van der Waals surface area contributed by atoms with Crippen molar-refractivity contribution in [3.63, 3.8) is 0 Å². The van der Waals surface area contributed by atoms with Crippen molar-refractivity contribution in [3.8, 4) is 33.4 Å². The first-order chi connectivity index (χ1) is 25.1. The molecule has 0 saturated carbocycles. The summed E-state index contributed by atoms with van der Waals surface area (Å²) in [6.07, 6.45) is 0. The number of para-hydroxylation sites is 1. The minimum Gasteiger partial charge on any atom is -0.455 e. The van der Waals surface area contributed by atoms with Crippen LogP contribution in [0.2, 0.25) is 0 Å². The molecule has 0 N–H and O–H groups in total. The molecule has 1 heterocycles. The third-order valence-corrected chi connectivity index (χ3v) is 10.9. The maximum Gasteiger partial charge on any atom is 0.143 e. The van der Waals surface area contributed by atoms with Gasteiger partial charge in [-0.3, -0.25) is 0 Å². The van der Waals surface area contributed by atoms with Gasteiger partial charge < -0.3 is 9.32 Å². The van der Waals surface area contributed by atoms with Crippen molar-refractivity contribution in [2.45, 2.75) is 19.3 Å². The molecule has 9 aromatic rings. The van der Waals surface area contributed by atoms with Gasteiger partial charge in [-0.1, -0.05) is 159 Å². The predicted molar refractivity (Wildman–Crippen MR) is 214 cm³/mol. The van der Waals surface area contributed by atoms with Crippen molar-refractivity contribution in [2.24, 2.45) is 0 Å². The highest BCUT2D eigenvalue weighted by molar-refractivity contribution is 6.16. The Morgan fingerprint density at radius 1 is 0.451 bits per heavy atom. The Hall–Kier alpha value is -6.38. The summed E-state index contributed by atoms with van der Waals surface area (Å²) in [5, 5.41) is 4.71. The highest BCUT2D eigenvalue weighted by Crippen LogP contribution is 2.55. The number of hydrogen-bond acceptors (Lipinski definition) is 2. The highest BCUT2D eigenvalue weighted by atomic mass is 16.3. The molecule has 0 fully saturated rings. The minimum absolute atomic E-state index is 0.120. The molecule has 51 heavy (non-hydrogen) atoms. The molecule has 0 bridgehead atoms. The standard InChI is InChI=1S/C49H35NO/c1-49(2)41-23-9-8-19-39(41)46-42(49)24-12-25-43(46)50(35-30-28-34(29-31-35)37-20-10-17-32-16-6-7-18-36(32)37)44-26-13-27-45-47(44)40-22-11-21-38(48(40)51-45)33-14-4-3-5-15-33/h3-31H,1-2H3. The Bertz CT molecular complexity index is 2770. The molecule has 242 valence electrons. The van der Waals surface area contributed by atoms with Gasteiger partial charge in [0, 0.05) is 27.6 Å². The zero-order valence-electron chi connectivity index (χ0n) is 28.6. The smallest absolute Gasteiger partial charge is 0.143 e. The van der Waals surface area contributed by atoms with Crippen molar-refractivity contribution in [2.75, 3.05) is 4.90 Å². The van der Waals surface area contributed by atoms with Crippen LogP contribution in [0.5, 0.6) is 0 Å². The van der Waals surface area contributed by atoms with E-state index in [9.17, 15) is 0 Å². The molecule has 0 saturated heterocycles. The van der Waals surface area contributed by atoms with Crippen molar-refractivity contribution in [1.29, 1.82) is 0 Å². The van der Waals surface area contributed by atoms with Gasteiger partial charge in [-0.05, 0) is 74.5 Å². The normalized spacial score (nSPS) is 13.1. The number of nitrogens with zero attached hydrogens (tertiary/aromatic N) is 1. The molecule has 0 spiro atoms. The van der Waals surface area contributed by atoms with E-state index < -0.39 is 0 Å². The Morgan fingerprint density at radius 2 is 1.06 bits per heavy atom. The second-order valence-electron chi connectivity index (χ2n) is 14.1. The summed E-state index contributed by atoms with van der Waals surface area (Å²) < 4.78 is 6.77. The molecular weight excluding hydrogens is 619 g/mol. The van der Waals surface area contributed by atoms with Crippen LogP contribution in [0.4, 0.5) is 17.1 Å². The van der Waals surface area contributed by atoms with Crippen LogP contribution in [0.25, 0.3) is 66.1 Å². The van der Waals surface area contributed by atoms with E-state index in [-0.39, 0.29) is 5.41 Å². The third kappa shape index (κ3) is 4.50. The van der Waals surface area contributed by atoms with Crippen molar-refractivity contribution < 1.29 is 4.42 Å². The molecule has 0 radical (unpaired) electrons. The molecule has 10 rings (SSSR count). The summed E-state index contributed by atoms with van der Waals surface area (Å²) in [4.78, 5) is 2.45. The average Bonchev–Trinajstić information content (AvgIpc) is 3.68. The van der Waals surface area contributed by atoms with Crippen LogP contribution in [0.3, 0.4) is 0 Å². The van der Waals surface area contributed by atoms with E-state index in [2.05, 4.69) is 195 Å². The average molecular weight is 654 g/mol. The summed E-state index contributed by atoms with van der Waals surface area (Å²) in [7, 11) is 0. The zero-order valence-corrected chi connectivity index (χ0v) is 28.6. The van der Waals surface area contributed by atoms with Gasteiger partial charge in [-0.2, -0.15) is 0 Å². The molecule has 1 aromatic heterocycles. The van der Waals surface area contributed by atoms with E-state index in [1.165, 1.54) is 44.2 Å². The molecule has 0 unspecified atom stereocenters. The second kappa shape index (κ2) is 11.3. The molecule has 0 aliphatic heterocycles. The number of benzene rings is 8. The Kier molecular flexibility index (Phi) is 6.56. The zero-order chi connectivity index (χ0) is 34.1. The minimum atomic E-state index is -0.120. The summed E-state index contributed by atoms with van der Waals surface area (Å²) >= 11 is 0. The van der Waals surface area contributed by atoms with Gasteiger partial charge >= 0.3 is 0 Å². The Balaban J connectivity index is 1.24. The van der Waals surface area contributed by atoms with Gasteiger partial charge in [0.05, 0.1) is 16.8 Å². The number of rotatable bonds is 5. The van der Waals surface area contributed by atoms with Crippen LogP contribution >= 0.6 is 0 Å². The maximum absolute atomic E-state index is 6.77. The van der Waals surface area contributed by atoms with Crippen molar-refractivity contribution in [1.82, 2.24) is 0 Å². The fourth-order valence-corrected chi connectivity index (χ4v) is 8.46. The SMILES string of the molecule is CC1(C)c2ccccc2-c2c(N(c3ccc(-c4cccc5ccccc45)cc3)c3cccc4oc5c(-c6ccccc6)cccc5c34)cccc21. The fraction of sp³-hybridized carbons (Fsp3) is 0.0612. The summed E-state index contributed by atoms with van der Waals surface area (Å²) in [5.74, 6) is 0. The molecule has 8 aromatic carbocycles. The summed E-state index contributed by atoms with van der Waals surface area (Å²) in [6.45, 7) is 4.69. The van der Waals surface area contributed by atoms with Crippen LogP contribution in [-0.2, 0) is 5.41 Å². The third-order valence-electron chi connectivity index (χ3n) is 10.9. The number of hydrogen-bond donors (Lipinski definition) is 0. The van der Waals surface area contributed by atoms with Gasteiger partial charge in [0.25, 0.3) is 0 Å². The number of fused-ring (bicyclic) bond motifs is 7. The van der Waals surface area contributed by atoms with Crippen LogP contribution in [0, 0.1) is 0 Å². The van der Waals surface area contributed by atoms with Crippen LogP contribution in [-0.4, -0.2) is 0 Å². The molecule has 0 atom stereocenters. The van der Waals surface area contributed by atoms with Gasteiger partial charge in [0.15, 0.2) is 0 Å². The van der Waals surface area contributed by atoms with Crippen LogP contribution in [0.1, 0.15) is 25.0 Å². The second-order valence-corrected chi connectivity index (χ2v) is 14.1. The number of furan rings is 1. The molecule has 1 aliphatic carbocycles. The highest BCUT2D eigenvalue weighted by Gasteiger charge is 2.38. The van der Waals surface area contributed by atoms with E-state index in [0.717, 1.165) is 50.1 Å². The van der Waals surface area contributed by atoms with Crippen LogP contribution < -0.4 is 4.90 Å². The molecule has 1 aliphatic rings.